The van der Waals surface area contributed by atoms with Crippen LogP contribution in [0.25, 0.3) is 11.1 Å². The van der Waals surface area contributed by atoms with Crippen molar-refractivity contribution in [3.05, 3.63) is 59.7 Å². The Morgan fingerprint density at radius 1 is 1.03 bits per heavy atom. The first-order chi connectivity index (χ1) is 15.0. The molecule has 1 aliphatic carbocycles. The maximum atomic E-state index is 12.5. The summed E-state index contributed by atoms with van der Waals surface area (Å²) in [7, 11) is 1.24. The van der Waals surface area contributed by atoms with Gasteiger partial charge >= 0.3 is 12.1 Å². The second-order valence-electron chi connectivity index (χ2n) is 7.10. The van der Waals surface area contributed by atoms with Gasteiger partial charge in [0, 0.05) is 5.92 Å². The third kappa shape index (κ3) is 5.58. The highest BCUT2D eigenvalue weighted by atomic mass is 32.2. The van der Waals surface area contributed by atoms with Crippen molar-refractivity contribution in [2.75, 3.05) is 32.3 Å². The summed E-state index contributed by atoms with van der Waals surface area (Å²) >= 11 is 1.56. The van der Waals surface area contributed by atoms with Gasteiger partial charge < -0.3 is 20.1 Å². The average Bonchev–Trinajstić information content (AvgIpc) is 3.12. The minimum atomic E-state index is -0.798. The molecule has 0 aromatic heterocycles. The second-order valence-corrected chi connectivity index (χ2v) is 8.08. The molecule has 2 aromatic carbocycles. The summed E-state index contributed by atoms with van der Waals surface area (Å²) in [5.41, 5.74) is 4.52. The molecule has 1 aliphatic rings. The lowest BCUT2D eigenvalue weighted by Gasteiger charge is -2.19. The molecule has 0 unspecified atom stereocenters. The number of hydrogen-bond donors (Lipinski definition) is 2. The van der Waals surface area contributed by atoms with Crippen molar-refractivity contribution in [1.29, 1.82) is 0 Å². The SMILES string of the molecule is COC(=O)CNC(=O)[C@H](CCSC)NC(=O)OCC1c2ccccc2-c2ccccc21. The Bertz CT molecular complexity index is 904. The summed E-state index contributed by atoms with van der Waals surface area (Å²) < 4.78 is 10.0. The number of thioether (sulfide) groups is 1. The summed E-state index contributed by atoms with van der Waals surface area (Å²) in [6.45, 7) is -0.0869. The topological polar surface area (TPSA) is 93.7 Å². The van der Waals surface area contributed by atoms with E-state index >= 15 is 0 Å². The van der Waals surface area contributed by atoms with Crippen molar-refractivity contribution in [2.45, 2.75) is 18.4 Å². The number of carbonyl (C=O) groups excluding carboxylic acids is 3. The number of alkyl carbamates (subject to hydrolysis) is 1. The van der Waals surface area contributed by atoms with Gasteiger partial charge in [-0.05, 0) is 40.7 Å². The molecule has 3 rings (SSSR count). The Labute approximate surface area is 185 Å². The van der Waals surface area contributed by atoms with Crippen LogP contribution in [0, 0.1) is 0 Å². The van der Waals surface area contributed by atoms with E-state index < -0.39 is 24.0 Å². The lowest BCUT2D eigenvalue weighted by Crippen LogP contribution is -2.48. The van der Waals surface area contributed by atoms with Crippen LogP contribution in [0.2, 0.25) is 0 Å². The Kier molecular flexibility index (Phi) is 7.94. The maximum absolute atomic E-state index is 12.5. The molecule has 2 aromatic rings. The first kappa shape index (κ1) is 22.7. The van der Waals surface area contributed by atoms with Gasteiger partial charge in [0.25, 0.3) is 0 Å². The molecule has 2 N–H and O–H groups in total. The Morgan fingerprint density at radius 3 is 2.23 bits per heavy atom. The van der Waals surface area contributed by atoms with Gasteiger partial charge in [-0.3, -0.25) is 9.59 Å². The molecule has 7 nitrogen and oxygen atoms in total. The standard InChI is InChI=1S/C23H26N2O5S/c1-29-21(26)13-24-22(27)20(11-12-31-2)25-23(28)30-14-19-17-9-5-3-7-15(17)16-8-4-6-10-18(16)19/h3-10,19-20H,11-14H2,1-2H3,(H,24,27)(H,25,28)/t20-/m0/s1. The van der Waals surface area contributed by atoms with Crippen molar-refractivity contribution in [1.82, 2.24) is 10.6 Å². The van der Waals surface area contributed by atoms with Crippen LogP contribution in [-0.2, 0) is 19.1 Å². The van der Waals surface area contributed by atoms with Gasteiger partial charge in [-0.1, -0.05) is 48.5 Å². The number of fused-ring (bicyclic) bond motifs is 3. The van der Waals surface area contributed by atoms with E-state index in [1.807, 2.05) is 42.7 Å². The molecular formula is C23H26N2O5S. The first-order valence-electron chi connectivity index (χ1n) is 10.00. The molecule has 164 valence electrons. The fraction of sp³-hybridized carbons (Fsp3) is 0.348. The molecule has 0 radical (unpaired) electrons. The number of amides is 2. The predicted molar refractivity (Wildman–Crippen MR) is 120 cm³/mol. The second kappa shape index (κ2) is 10.9. The van der Waals surface area contributed by atoms with Gasteiger partial charge in [-0.15, -0.1) is 0 Å². The zero-order valence-electron chi connectivity index (χ0n) is 17.6. The largest absolute Gasteiger partial charge is 0.468 e. The van der Waals surface area contributed by atoms with E-state index in [1.165, 1.54) is 7.11 Å². The van der Waals surface area contributed by atoms with E-state index in [9.17, 15) is 14.4 Å². The monoisotopic (exact) mass is 442 g/mol. The Balaban J connectivity index is 1.62. The lowest BCUT2D eigenvalue weighted by atomic mass is 9.98. The summed E-state index contributed by atoms with van der Waals surface area (Å²) in [6, 6.07) is 15.4. The molecular weight excluding hydrogens is 416 g/mol. The van der Waals surface area contributed by atoms with E-state index in [1.54, 1.807) is 11.8 Å². The minimum absolute atomic E-state index is 0.0593. The Hall–Kier alpha value is -3.00. The fourth-order valence-corrected chi connectivity index (χ4v) is 4.11. The van der Waals surface area contributed by atoms with Crippen molar-refractivity contribution in [2.24, 2.45) is 0 Å². The van der Waals surface area contributed by atoms with Crippen molar-refractivity contribution < 1.29 is 23.9 Å². The number of methoxy groups -OCH3 is 1. The van der Waals surface area contributed by atoms with Crippen LogP contribution in [0.4, 0.5) is 4.79 Å². The number of ether oxygens (including phenoxy) is 2. The van der Waals surface area contributed by atoms with Crippen molar-refractivity contribution in [3.63, 3.8) is 0 Å². The average molecular weight is 443 g/mol. The highest BCUT2D eigenvalue weighted by Crippen LogP contribution is 2.44. The fourth-order valence-electron chi connectivity index (χ4n) is 3.64. The molecule has 0 saturated carbocycles. The number of esters is 1. The van der Waals surface area contributed by atoms with Crippen molar-refractivity contribution >= 4 is 29.7 Å². The van der Waals surface area contributed by atoms with Crippen LogP contribution in [0.1, 0.15) is 23.5 Å². The molecule has 8 heteroatoms. The van der Waals surface area contributed by atoms with E-state index in [2.05, 4.69) is 27.5 Å². The smallest absolute Gasteiger partial charge is 0.407 e. The highest BCUT2D eigenvalue weighted by Gasteiger charge is 2.29. The first-order valence-corrected chi connectivity index (χ1v) is 11.4. The van der Waals surface area contributed by atoms with Gasteiger partial charge in [0.1, 0.15) is 19.2 Å². The van der Waals surface area contributed by atoms with Crippen LogP contribution in [-0.4, -0.2) is 56.3 Å². The maximum Gasteiger partial charge on any atom is 0.407 e. The van der Waals surface area contributed by atoms with E-state index in [0.717, 1.165) is 22.3 Å². The molecule has 0 saturated heterocycles. The molecule has 0 heterocycles. The lowest BCUT2D eigenvalue weighted by molar-refractivity contribution is -0.141. The van der Waals surface area contributed by atoms with Crippen LogP contribution in [0.3, 0.4) is 0 Å². The third-order valence-corrected chi connectivity index (χ3v) is 5.84. The number of nitrogens with one attached hydrogen (secondary N) is 2. The van der Waals surface area contributed by atoms with Crippen LogP contribution < -0.4 is 10.6 Å². The summed E-state index contributed by atoms with van der Waals surface area (Å²) in [6.07, 6.45) is 1.66. The molecule has 2 amide bonds. The van der Waals surface area contributed by atoms with E-state index in [0.29, 0.717) is 12.2 Å². The quantitative estimate of drug-likeness (QED) is 0.580. The van der Waals surface area contributed by atoms with Gasteiger partial charge in [-0.2, -0.15) is 11.8 Å². The number of hydrogen-bond acceptors (Lipinski definition) is 6. The van der Waals surface area contributed by atoms with Gasteiger partial charge in [0.05, 0.1) is 7.11 Å². The van der Waals surface area contributed by atoms with E-state index in [4.69, 9.17) is 4.74 Å². The zero-order chi connectivity index (χ0) is 22.2. The Morgan fingerprint density at radius 2 is 1.65 bits per heavy atom. The molecule has 1 atom stereocenters. The minimum Gasteiger partial charge on any atom is -0.468 e. The van der Waals surface area contributed by atoms with Crippen LogP contribution in [0.15, 0.2) is 48.5 Å². The number of benzene rings is 2. The zero-order valence-corrected chi connectivity index (χ0v) is 18.4. The molecule has 0 fully saturated rings. The van der Waals surface area contributed by atoms with E-state index in [-0.39, 0.29) is 19.1 Å². The van der Waals surface area contributed by atoms with Crippen molar-refractivity contribution in [3.8, 4) is 11.1 Å². The molecule has 31 heavy (non-hydrogen) atoms. The third-order valence-electron chi connectivity index (χ3n) is 5.20. The van der Waals surface area contributed by atoms with Crippen LogP contribution in [0.5, 0.6) is 0 Å². The summed E-state index contributed by atoms with van der Waals surface area (Å²) in [5, 5.41) is 5.10. The van der Waals surface area contributed by atoms with Gasteiger partial charge in [0.15, 0.2) is 0 Å². The van der Waals surface area contributed by atoms with Gasteiger partial charge in [0.2, 0.25) is 5.91 Å². The molecule has 0 aliphatic heterocycles. The summed E-state index contributed by atoms with van der Waals surface area (Å²) in [4.78, 5) is 36.2. The molecule has 0 spiro atoms. The number of rotatable bonds is 9. The van der Waals surface area contributed by atoms with Gasteiger partial charge in [-0.25, -0.2) is 4.79 Å². The predicted octanol–water partition coefficient (Wildman–Crippen LogP) is 2.94. The highest BCUT2D eigenvalue weighted by molar-refractivity contribution is 7.98. The van der Waals surface area contributed by atoms with Crippen LogP contribution >= 0.6 is 11.8 Å². The molecule has 0 bridgehead atoms. The summed E-state index contributed by atoms with van der Waals surface area (Å²) in [5.74, 6) is -0.401. The normalized spacial score (nSPS) is 13.0. The number of carbonyl (C=O) groups is 3.